The van der Waals surface area contributed by atoms with Crippen LogP contribution in [0.1, 0.15) is 51.9 Å². The molecule has 0 fully saturated rings. The number of aliphatic hydroxyl groups excluding tert-OH is 1. The predicted octanol–water partition coefficient (Wildman–Crippen LogP) is 4.08. The highest BCUT2D eigenvalue weighted by atomic mass is 19.5. The number of hydrogen-bond acceptors (Lipinski definition) is 3. The number of nitrogens with zero attached hydrogens (tertiary/aromatic N) is 2. The molecule has 3 nitrogen and oxygen atoms in total. The van der Waals surface area contributed by atoms with E-state index in [9.17, 15) is 17.3 Å². The summed E-state index contributed by atoms with van der Waals surface area (Å²) in [6.45, 7) is 5.71. The SMILES string of the molecule is CCCCCCCCN1C=CN(CCCO)C1.F[B-](F)(F)F. The molecule has 0 aromatic rings. The Morgan fingerprint density at radius 2 is 1.32 bits per heavy atom. The van der Waals surface area contributed by atoms with E-state index in [-0.39, 0.29) is 0 Å². The summed E-state index contributed by atoms with van der Waals surface area (Å²) < 4.78 is 39.0. The summed E-state index contributed by atoms with van der Waals surface area (Å²) in [5, 5.41) is 8.77. The molecule has 1 N–H and O–H groups in total. The first-order chi connectivity index (χ1) is 10.4. The Kier molecular flexibility index (Phi) is 12.1. The molecular weight excluding hydrogens is 299 g/mol. The normalized spacial score (nSPS) is 14.3. The van der Waals surface area contributed by atoms with E-state index in [4.69, 9.17) is 5.11 Å². The smallest absolute Gasteiger partial charge is 0.418 e. The highest BCUT2D eigenvalue weighted by molar-refractivity contribution is 6.50. The zero-order valence-corrected chi connectivity index (χ0v) is 13.4. The average Bonchev–Trinajstić information content (AvgIpc) is 2.86. The summed E-state index contributed by atoms with van der Waals surface area (Å²) in [4.78, 5) is 4.64. The second-order valence-corrected chi connectivity index (χ2v) is 5.40. The molecule has 132 valence electrons. The van der Waals surface area contributed by atoms with E-state index in [1.54, 1.807) is 0 Å². The maximum Gasteiger partial charge on any atom is 0.673 e. The van der Waals surface area contributed by atoms with E-state index < -0.39 is 7.25 Å². The second-order valence-electron chi connectivity index (χ2n) is 5.40. The van der Waals surface area contributed by atoms with E-state index in [1.807, 2.05) is 0 Å². The highest BCUT2D eigenvalue weighted by Crippen LogP contribution is 2.10. The summed E-state index contributed by atoms with van der Waals surface area (Å²) in [5.74, 6) is 0. The summed E-state index contributed by atoms with van der Waals surface area (Å²) in [7, 11) is -6.00. The molecular formula is C14H28BF4N2O-. The minimum absolute atomic E-state index is 0.293. The first kappa shape index (κ1) is 21.1. The Labute approximate surface area is 131 Å². The third kappa shape index (κ3) is 15.5. The van der Waals surface area contributed by atoms with Crippen molar-refractivity contribution in [2.24, 2.45) is 0 Å². The van der Waals surface area contributed by atoms with Crippen LogP contribution in [0.3, 0.4) is 0 Å². The second kappa shape index (κ2) is 12.6. The first-order valence-electron chi connectivity index (χ1n) is 8.01. The first-order valence-corrected chi connectivity index (χ1v) is 8.01. The van der Waals surface area contributed by atoms with Crippen LogP contribution in [0.15, 0.2) is 12.4 Å². The highest BCUT2D eigenvalue weighted by Gasteiger charge is 2.20. The van der Waals surface area contributed by atoms with Gasteiger partial charge in [0.15, 0.2) is 0 Å². The van der Waals surface area contributed by atoms with Crippen LogP contribution in [-0.2, 0) is 0 Å². The zero-order chi connectivity index (χ0) is 16.8. The molecule has 0 aromatic heterocycles. The number of aliphatic hydroxyl groups is 1. The topological polar surface area (TPSA) is 26.7 Å². The number of hydrogen-bond donors (Lipinski definition) is 1. The Bertz CT molecular complexity index is 285. The van der Waals surface area contributed by atoms with Crippen molar-refractivity contribution in [1.29, 1.82) is 0 Å². The molecule has 22 heavy (non-hydrogen) atoms. The van der Waals surface area contributed by atoms with E-state index in [1.165, 1.54) is 45.1 Å². The molecule has 0 saturated carbocycles. The Morgan fingerprint density at radius 3 is 1.82 bits per heavy atom. The molecule has 0 bridgehead atoms. The molecule has 0 amide bonds. The van der Waals surface area contributed by atoms with Crippen molar-refractivity contribution in [2.75, 3.05) is 26.4 Å². The molecule has 0 unspecified atom stereocenters. The molecule has 1 aliphatic heterocycles. The van der Waals surface area contributed by atoms with E-state index in [0.717, 1.165) is 19.6 Å². The molecule has 0 atom stereocenters. The van der Waals surface area contributed by atoms with Gasteiger partial charge in [-0.05, 0) is 12.8 Å². The fourth-order valence-electron chi connectivity index (χ4n) is 2.18. The average molecular weight is 327 g/mol. The van der Waals surface area contributed by atoms with Crippen LogP contribution < -0.4 is 0 Å². The van der Waals surface area contributed by atoms with Crippen LogP contribution in [0.4, 0.5) is 17.3 Å². The van der Waals surface area contributed by atoms with Gasteiger partial charge in [-0.2, -0.15) is 0 Å². The number of rotatable bonds is 10. The maximum atomic E-state index is 9.75. The van der Waals surface area contributed by atoms with Gasteiger partial charge >= 0.3 is 7.25 Å². The van der Waals surface area contributed by atoms with Gasteiger partial charge in [-0.3, -0.25) is 0 Å². The Balaban J connectivity index is 0.000000763. The number of unbranched alkanes of at least 4 members (excludes halogenated alkanes) is 5. The minimum Gasteiger partial charge on any atom is -0.418 e. The zero-order valence-electron chi connectivity index (χ0n) is 13.4. The Hall–Kier alpha value is -0.915. The van der Waals surface area contributed by atoms with Gasteiger partial charge in [0.2, 0.25) is 0 Å². The lowest BCUT2D eigenvalue weighted by molar-refractivity contribution is 0.227. The van der Waals surface area contributed by atoms with E-state index in [2.05, 4.69) is 29.1 Å². The third-order valence-corrected chi connectivity index (χ3v) is 3.25. The summed E-state index contributed by atoms with van der Waals surface area (Å²) in [6.07, 6.45) is 13.4. The standard InChI is InChI=1S/C14H28N2O.BF4/c1-2-3-4-5-6-7-9-15-11-12-16(14-15)10-8-13-17;2-1(3,4)5/h11-12,17H,2-10,13-14H2,1H3;/q;-1. The molecule has 0 aliphatic carbocycles. The quantitative estimate of drug-likeness (QED) is 0.372. The van der Waals surface area contributed by atoms with Crippen molar-refractivity contribution >= 4 is 7.25 Å². The predicted molar refractivity (Wildman–Crippen MR) is 82.7 cm³/mol. The molecule has 8 heteroatoms. The largest absolute Gasteiger partial charge is 0.673 e. The van der Waals surface area contributed by atoms with Crippen molar-refractivity contribution in [1.82, 2.24) is 9.80 Å². The van der Waals surface area contributed by atoms with Crippen LogP contribution >= 0.6 is 0 Å². The molecule has 0 aromatic carbocycles. The minimum atomic E-state index is -6.00. The maximum absolute atomic E-state index is 9.75. The fourth-order valence-corrected chi connectivity index (χ4v) is 2.18. The van der Waals surface area contributed by atoms with Gasteiger partial charge in [-0.1, -0.05) is 39.0 Å². The van der Waals surface area contributed by atoms with Gasteiger partial charge in [0.1, 0.15) is 0 Å². The third-order valence-electron chi connectivity index (χ3n) is 3.25. The Morgan fingerprint density at radius 1 is 0.864 bits per heavy atom. The van der Waals surface area contributed by atoms with Gasteiger partial charge in [0.25, 0.3) is 0 Å². The lowest BCUT2D eigenvalue weighted by Gasteiger charge is -2.20. The van der Waals surface area contributed by atoms with Crippen LogP contribution in [0.5, 0.6) is 0 Å². The van der Waals surface area contributed by atoms with Crippen LogP contribution in [0, 0.1) is 0 Å². The lowest BCUT2D eigenvalue weighted by atomic mass is 10.1. The molecule has 1 aliphatic rings. The lowest BCUT2D eigenvalue weighted by Crippen LogP contribution is -2.27. The van der Waals surface area contributed by atoms with E-state index in [0.29, 0.717) is 6.61 Å². The van der Waals surface area contributed by atoms with Gasteiger partial charge in [-0.15, -0.1) is 0 Å². The summed E-state index contributed by atoms with van der Waals surface area (Å²) >= 11 is 0. The number of halogens is 4. The summed E-state index contributed by atoms with van der Waals surface area (Å²) in [5.41, 5.74) is 0. The van der Waals surface area contributed by atoms with Crippen molar-refractivity contribution < 1.29 is 22.4 Å². The van der Waals surface area contributed by atoms with Crippen LogP contribution in [0.2, 0.25) is 0 Å². The van der Waals surface area contributed by atoms with Crippen molar-refractivity contribution in [3.8, 4) is 0 Å². The van der Waals surface area contributed by atoms with Crippen LogP contribution in [0.25, 0.3) is 0 Å². The monoisotopic (exact) mass is 327 g/mol. The molecule has 1 rings (SSSR count). The van der Waals surface area contributed by atoms with E-state index >= 15 is 0 Å². The molecule has 0 saturated heterocycles. The van der Waals surface area contributed by atoms with Crippen LogP contribution in [-0.4, -0.2) is 48.5 Å². The molecule has 0 spiro atoms. The van der Waals surface area contributed by atoms with Gasteiger partial charge < -0.3 is 32.2 Å². The van der Waals surface area contributed by atoms with Crippen molar-refractivity contribution in [3.63, 3.8) is 0 Å². The van der Waals surface area contributed by atoms with Gasteiger partial charge in [0, 0.05) is 32.1 Å². The fraction of sp³-hybridized carbons (Fsp3) is 0.857. The molecule has 0 radical (unpaired) electrons. The van der Waals surface area contributed by atoms with Gasteiger partial charge in [-0.25, -0.2) is 0 Å². The summed E-state index contributed by atoms with van der Waals surface area (Å²) in [6, 6.07) is 0. The molecule has 1 heterocycles. The van der Waals surface area contributed by atoms with Crippen molar-refractivity contribution in [2.45, 2.75) is 51.9 Å². The van der Waals surface area contributed by atoms with Gasteiger partial charge in [0.05, 0.1) is 6.67 Å². The van der Waals surface area contributed by atoms with Crippen molar-refractivity contribution in [3.05, 3.63) is 12.4 Å².